The fourth-order valence-electron chi connectivity index (χ4n) is 1.76. The number of nitrogens with zero attached hydrogens (tertiary/aromatic N) is 3. The summed E-state index contributed by atoms with van der Waals surface area (Å²) in [6, 6.07) is 1.97. The molecule has 0 spiro atoms. The third-order valence-corrected chi connectivity index (χ3v) is 3.92. The number of carbonyl (C=O) groups is 1. The average molecular weight is 293 g/mol. The summed E-state index contributed by atoms with van der Waals surface area (Å²) in [5.74, 6) is -0.183. The molecule has 1 amide bonds. The zero-order valence-electron chi connectivity index (χ0n) is 12.1. The fraction of sp³-hybridized carbons (Fsp3) is 0.462. The molecule has 2 N–H and O–H groups in total. The van der Waals surface area contributed by atoms with Gasteiger partial charge in [0.15, 0.2) is 5.13 Å². The number of hydrogen-bond donors (Lipinski definition) is 2. The molecule has 7 heteroatoms. The minimum absolute atomic E-state index is 0.167. The Balaban J connectivity index is 2.11. The SMILES string of the molecule is CCc1cc(C(=O)Nc2nc(C(C)NC)cs2)n(C)n1. The molecule has 0 aromatic carbocycles. The highest BCUT2D eigenvalue weighted by molar-refractivity contribution is 7.14. The van der Waals surface area contributed by atoms with E-state index in [4.69, 9.17) is 0 Å². The first-order valence-corrected chi connectivity index (χ1v) is 7.40. The average Bonchev–Trinajstić information content (AvgIpc) is 3.04. The molecule has 0 aliphatic carbocycles. The number of anilines is 1. The first kappa shape index (κ1) is 14.7. The predicted octanol–water partition coefficient (Wildman–Crippen LogP) is 1.97. The summed E-state index contributed by atoms with van der Waals surface area (Å²) in [7, 11) is 3.65. The maximum Gasteiger partial charge on any atom is 0.275 e. The summed E-state index contributed by atoms with van der Waals surface area (Å²) in [6.07, 6.45) is 0.808. The summed E-state index contributed by atoms with van der Waals surface area (Å²) in [4.78, 5) is 16.6. The molecule has 6 nitrogen and oxygen atoms in total. The molecule has 108 valence electrons. The van der Waals surface area contributed by atoms with Crippen LogP contribution in [-0.4, -0.2) is 27.7 Å². The second kappa shape index (κ2) is 6.15. The van der Waals surface area contributed by atoms with E-state index in [1.807, 2.05) is 26.3 Å². The number of nitrogens with one attached hydrogen (secondary N) is 2. The Morgan fingerprint density at radius 3 is 2.90 bits per heavy atom. The van der Waals surface area contributed by atoms with E-state index in [-0.39, 0.29) is 11.9 Å². The van der Waals surface area contributed by atoms with Crippen LogP contribution in [0.25, 0.3) is 0 Å². The van der Waals surface area contributed by atoms with Crippen LogP contribution in [-0.2, 0) is 13.5 Å². The molecule has 0 bridgehead atoms. The lowest BCUT2D eigenvalue weighted by Gasteiger charge is -2.05. The zero-order chi connectivity index (χ0) is 14.7. The second-order valence-corrected chi connectivity index (χ2v) is 5.40. The number of hydrogen-bond acceptors (Lipinski definition) is 5. The third kappa shape index (κ3) is 3.05. The van der Waals surface area contributed by atoms with Gasteiger partial charge in [-0.3, -0.25) is 14.8 Å². The van der Waals surface area contributed by atoms with Crippen LogP contribution >= 0.6 is 11.3 Å². The largest absolute Gasteiger partial charge is 0.312 e. The van der Waals surface area contributed by atoms with Crippen LogP contribution in [0.4, 0.5) is 5.13 Å². The topological polar surface area (TPSA) is 71.8 Å². The Morgan fingerprint density at radius 1 is 1.55 bits per heavy atom. The molecule has 0 radical (unpaired) electrons. The van der Waals surface area contributed by atoms with Crippen molar-refractivity contribution in [1.82, 2.24) is 20.1 Å². The molecule has 0 aliphatic rings. The van der Waals surface area contributed by atoms with Gasteiger partial charge in [-0.15, -0.1) is 11.3 Å². The highest BCUT2D eigenvalue weighted by Gasteiger charge is 2.15. The number of thiazole rings is 1. The molecule has 2 aromatic rings. The van der Waals surface area contributed by atoms with Crippen molar-refractivity contribution < 1.29 is 4.79 Å². The minimum Gasteiger partial charge on any atom is -0.312 e. The zero-order valence-corrected chi connectivity index (χ0v) is 12.9. The van der Waals surface area contributed by atoms with E-state index < -0.39 is 0 Å². The van der Waals surface area contributed by atoms with E-state index in [0.29, 0.717) is 10.8 Å². The third-order valence-electron chi connectivity index (χ3n) is 3.14. The van der Waals surface area contributed by atoms with Crippen molar-refractivity contribution in [3.05, 3.63) is 28.5 Å². The van der Waals surface area contributed by atoms with Gasteiger partial charge in [0.2, 0.25) is 0 Å². The second-order valence-electron chi connectivity index (χ2n) is 4.54. The molecule has 0 fully saturated rings. The van der Waals surface area contributed by atoms with E-state index >= 15 is 0 Å². The quantitative estimate of drug-likeness (QED) is 0.884. The maximum atomic E-state index is 12.2. The van der Waals surface area contributed by atoms with Crippen LogP contribution < -0.4 is 10.6 Å². The van der Waals surface area contributed by atoms with E-state index in [1.165, 1.54) is 11.3 Å². The van der Waals surface area contributed by atoms with Gasteiger partial charge in [0.1, 0.15) is 5.69 Å². The fourth-order valence-corrected chi connectivity index (χ4v) is 2.56. The van der Waals surface area contributed by atoms with Gasteiger partial charge in [0.25, 0.3) is 5.91 Å². The van der Waals surface area contributed by atoms with E-state index in [1.54, 1.807) is 17.8 Å². The van der Waals surface area contributed by atoms with Gasteiger partial charge in [0.05, 0.1) is 11.4 Å². The number of rotatable bonds is 5. The van der Waals surface area contributed by atoms with Gasteiger partial charge in [-0.2, -0.15) is 5.10 Å². The van der Waals surface area contributed by atoms with Crippen molar-refractivity contribution in [3.63, 3.8) is 0 Å². The highest BCUT2D eigenvalue weighted by atomic mass is 32.1. The lowest BCUT2D eigenvalue weighted by Crippen LogP contribution is -2.16. The minimum atomic E-state index is -0.183. The molecule has 2 heterocycles. The lowest BCUT2D eigenvalue weighted by molar-refractivity contribution is 0.101. The van der Waals surface area contributed by atoms with E-state index in [2.05, 4.69) is 20.7 Å². The van der Waals surface area contributed by atoms with Gasteiger partial charge in [0, 0.05) is 18.5 Å². The van der Waals surface area contributed by atoms with Crippen molar-refractivity contribution in [2.75, 3.05) is 12.4 Å². The standard InChI is InChI=1S/C13H19N5OS/c1-5-9-6-11(18(4)17-9)12(19)16-13-15-10(7-20-13)8(2)14-3/h6-8,14H,5H2,1-4H3,(H,15,16,19). The van der Waals surface area contributed by atoms with Crippen molar-refractivity contribution >= 4 is 22.4 Å². The molecule has 2 rings (SSSR count). The van der Waals surface area contributed by atoms with E-state index in [9.17, 15) is 4.79 Å². The van der Waals surface area contributed by atoms with Crippen LogP contribution in [0.3, 0.4) is 0 Å². The van der Waals surface area contributed by atoms with Crippen LogP contribution in [0, 0.1) is 0 Å². The molecule has 0 saturated heterocycles. The number of aromatic nitrogens is 3. The number of aryl methyl sites for hydroxylation is 2. The summed E-state index contributed by atoms with van der Waals surface area (Å²) in [6.45, 7) is 4.03. The molecular formula is C13H19N5OS. The number of amides is 1. The Kier molecular flexibility index (Phi) is 4.51. The van der Waals surface area contributed by atoms with Crippen molar-refractivity contribution in [2.24, 2.45) is 7.05 Å². The summed E-state index contributed by atoms with van der Waals surface area (Å²) < 4.78 is 1.60. The van der Waals surface area contributed by atoms with Gasteiger partial charge in [-0.1, -0.05) is 6.92 Å². The van der Waals surface area contributed by atoms with Crippen molar-refractivity contribution in [2.45, 2.75) is 26.3 Å². The molecule has 0 saturated carbocycles. The summed E-state index contributed by atoms with van der Waals surface area (Å²) in [5.41, 5.74) is 2.37. The molecule has 20 heavy (non-hydrogen) atoms. The van der Waals surface area contributed by atoms with E-state index in [0.717, 1.165) is 17.8 Å². The van der Waals surface area contributed by atoms with Gasteiger partial charge in [-0.05, 0) is 26.5 Å². The van der Waals surface area contributed by atoms with Crippen molar-refractivity contribution in [1.29, 1.82) is 0 Å². The molecule has 1 unspecified atom stereocenters. The predicted molar refractivity (Wildman–Crippen MR) is 80.1 cm³/mol. The Morgan fingerprint density at radius 2 is 2.30 bits per heavy atom. The number of carbonyl (C=O) groups excluding carboxylic acids is 1. The normalized spacial score (nSPS) is 12.4. The molecular weight excluding hydrogens is 274 g/mol. The summed E-state index contributed by atoms with van der Waals surface area (Å²) >= 11 is 1.42. The first-order chi connectivity index (χ1) is 9.55. The van der Waals surface area contributed by atoms with Crippen molar-refractivity contribution in [3.8, 4) is 0 Å². The Bertz CT molecular complexity index is 604. The van der Waals surface area contributed by atoms with Gasteiger partial charge in [-0.25, -0.2) is 4.98 Å². The Hall–Kier alpha value is -1.73. The smallest absolute Gasteiger partial charge is 0.275 e. The van der Waals surface area contributed by atoms with Crippen LogP contribution in [0.15, 0.2) is 11.4 Å². The lowest BCUT2D eigenvalue weighted by atomic mass is 10.3. The first-order valence-electron chi connectivity index (χ1n) is 6.52. The highest BCUT2D eigenvalue weighted by Crippen LogP contribution is 2.20. The monoisotopic (exact) mass is 293 g/mol. The summed E-state index contributed by atoms with van der Waals surface area (Å²) in [5, 5.41) is 12.7. The van der Waals surface area contributed by atoms with Crippen LogP contribution in [0.5, 0.6) is 0 Å². The van der Waals surface area contributed by atoms with Gasteiger partial charge < -0.3 is 5.32 Å². The maximum absolute atomic E-state index is 12.2. The van der Waals surface area contributed by atoms with Crippen LogP contribution in [0.2, 0.25) is 0 Å². The Labute approximate surface area is 122 Å². The van der Waals surface area contributed by atoms with Crippen LogP contribution in [0.1, 0.15) is 41.8 Å². The molecule has 0 aliphatic heterocycles. The molecule has 1 atom stereocenters. The molecule has 2 aromatic heterocycles. The van der Waals surface area contributed by atoms with Gasteiger partial charge >= 0.3 is 0 Å².